The Kier molecular flexibility index (Phi) is 6.58. The second-order valence-electron chi connectivity index (χ2n) is 9.84. The van der Waals surface area contributed by atoms with Gasteiger partial charge >= 0.3 is 0 Å². The Bertz CT molecular complexity index is 335. The highest BCUT2D eigenvalue weighted by atomic mass is 14.7. The molecule has 4 atom stereocenters. The molecule has 0 bridgehead atoms. The van der Waals surface area contributed by atoms with Gasteiger partial charge in [-0.15, -0.1) is 0 Å². The van der Waals surface area contributed by atoms with Crippen LogP contribution in [0.15, 0.2) is 0 Å². The third-order valence-corrected chi connectivity index (χ3v) is 7.30. The van der Waals surface area contributed by atoms with Crippen LogP contribution in [0.5, 0.6) is 0 Å². The first-order valence-corrected chi connectivity index (χ1v) is 10.2. The van der Waals surface area contributed by atoms with Crippen LogP contribution in [0.4, 0.5) is 0 Å². The van der Waals surface area contributed by atoms with E-state index in [1.807, 2.05) is 0 Å². The molecule has 0 heterocycles. The van der Waals surface area contributed by atoms with E-state index in [-0.39, 0.29) is 0 Å². The predicted octanol–water partition coefficient (Wildman–Crippen LogP) is 4.67. The molecule has 4 unspecified atom stereocenters. The van der Waals surface area contributed by atoms with Crippen LogP contribution in [-0.2, 0) is 0 Å². The molecule has 0 saturated heterocycles. The Morgan fingerprint density at radius 2 is 1.09 bits per heavy atom. The van der Waals surface area contributed by atoms with Crippen LogP contribution in [0.25, 0.3) is 0 Å². The third kappa shape index (κ3) is 4.51. The Balaban J connectivity index is 2.01. The molecule has 0 aromatic heterocycles. The quantitative estimate of drug-likeness (QED) is 0.790. The van der Waals surface area contributed by atoms with E-state index in [4.69, 9.17) is 11.5 Å². The van der Waals surface area contributed by atoms with Gasteiger partial charge in [0.15, 0.2) is 0 Å². The van der Waals surface area contributed by atoms with Gasteiger partial charge in [-0.1, -0.05) is 41.5 Å². The highest BCUT2D eigenvalue weighted by molar-refractivity contribution is 4.93. The summed E-state index contributed by atoms with van der Waals surface area (Å²) < 4.78 is 0. The number of nitrogens with two attached hydrogens (primary N) is 2. The Morgan fingerprint density at radius 3 is 1.48 bits per heavy atom. The first kappa shape index (κ1) is 19.2. The Labute approximate surface area is 145 Å². The van der Waals surface area contributed by atoms with Crippen molar-refractivity contribution in [1.29, 1.82) is 0 Å². The SMILES string of the molecule is CC(C)C1CC(CC2CC(C)C(N)C(C)C2)CC(C(C)C)C1N. The van der Waals surface area contributed by atoms with E-state index >= 15 is 0 Å². The molecule has 2 fully saturated rings. The van der Waals surface area contributed by atoms with E-state index in [0.29, 0.717) is 47.6 Å². The third-order valence-electron chi connectivity index (χ3n) is 7.30. The lowest BCUT2D eigenvalue weighted by atomic mass is 9.62. The molecular weight excluding hydrogens is 280 g/mol. The van der Waals surface area contributed by atoms with Gasteiger partial charge in [0.2, 0.25) is 0 Å². The Hall–Kier alpha value is -0.0800. The van der Waals surface area contributed by atoms with Crippen LogP contribution >= 0.6 is 0 Å². The largest absolute Gasteiger partial charge is 0.327 e. The van der Waals surface area contributed by atoms with E-state index in [9.17, 15) is 0 Å². The zero-order valence-electron chi connectivity index (χ0n) is 16.5. The van der Waals surface area contributed by atoms with Crippen molar-refractivity contribution < 1.29 is 0 Å². The number of rotatable bonds is 4. The summed E-state index contributed by atoms with van der Waals surface area (Å²) in [5, 5.41) is 0. The monoisotopic (exact) mass is 322 g/mol. The molecule has 0 spiro atoms. The smallest absolute Gasteiger partial charge is 0.0101 e. The van der Waals surface area contributed by atoms with Gasteiger partial charge in [0, 0.05) is 12.1 Å². The lowest BCUT2D eigenvalue weighted by Crippen LogP contribution is -2.48. The van der Waals surface area contributed by atoms with Gasteiger partial charge in [0.1, 0.15) is 0 Å². The minimum Gasteiger partial charge on any atom is -0.327 e. The van der Waals surface area contributed by atoms with Gasteiger partial charge in [0.25, 0.3) is 0 Å². The zero-order valence-corrected chi connectivity index (χ0v) is 16.5. The Morgan fingerprint density at radius 1 is 0.696 bits per heavy atom. The summed E-state index contributed by atoms with van der Waals surface area (Å²) in [4.78, 5) is 0. The molecule has 2 nitrogen and oxygen atoms in total. The predicted molar refractivity (Wildman–Crippen MR) is 101 cm³/mol. The van der Waals surface area contributed by atoms with Crippen molar-refractivity contribution in [2.45, 2.75) is 85.7 Å². The normalized spacial score (nSPS) is 45.7. The minimum absolute atomic E-state index is 0.406. The molecule has 2 aliphatic rings. The summed E-state index contributed by atoms with van der Waals surface area (Å²) in [5.41, 5.74) is 13.0. The van der Waals surface area contributed by atoms with Gasteiger partial charge in [0.05, 0.1) is 0 Å². The molecule has 2 heteroatoms. The van der Waals surface area contributed by atoms with Crippen molar-refractivity contribution in [2.24, 2.45) is 58.8 Å². The van der Waals surface area contributed by atoms with Crippen LogP contribution in [0.2, 0.25) is 0 Å². The van der Waals surface area contributed by atoms with Crippen LogP contribution in [0.3, 0.4) is 0 Å². The van der Waals surface area contributed by atoms with Gasteiger partial charge < -0.3 is 11.5 Å². The van der Waals surface area contributed by atoms with Crippen LogP contribution in [-0.4, -0.2) is 12.1 Å². The summed E-state index contributed by atoms with van der Waals surface area (Å²) in [6, 6.07) is 0.821. The summed E-state index contributed by atoms with van der Waals surface area (Å²) in [6.07, 6.45) is 6.81. The molecule has 0 aromatic carbocycles. The second-order valence-corrected chi connectivity index (χ2v) is 9.84. The van der Waals surface area contributed by atoms with Crippen molar-refractivity contribution in [3.63, 3.8) is 0 Å². The first-order valence-electron chi connectivity index (χ1n) is 10.2. The van der Waals surface area contributed by atoms with E-state index < -0.39 is 0 Å². The van der Waals surface area contributed by atoms with Gasteiger partial charge in [-0.25, -0.2) is 0 Å². The maximum atomic E-state index is 6.67. The topological polar surface area (TPSA) is 52.0 Å². The highest BCUT2D eigenvalue weighted by Crippen LogP contribution is 2.44. The molecule has 0 radical (unpaired) electrons. The summed E-state index contributed by atoms with van der Waals surface area (Å²) in [5.74, 6) is 6.00. The van der Waals surface area contributed by atoms with Crippen molar-refractivity contribution in [3.8, 4) is 0 Å². The average Bonchev–Trinajstić information content (AvgIpc) is 2.45. The molecule has 0 aliphatic heterocycles. The van der Waals surface area contributed by atoms with Gasteiger partial charge in [-0.05, 0) is 79.4 Å². The van der Waals surface area contributed by atoms with Crippen molar-refractivity contribution in [1.82, 2.24) is 0 Å². The highest BCUT2D eigenvalue weighted by Gasteiger charge is 2.40. The van der Waals surface area contributed by atoms with Crippen molar-refractivity contribution in [3.05, 3.63) is 0 Å². The van der Waals surface area contributed by atoms with Crippen molar-refractivity contribution >= 4 is 0 Å². The van der Waals surface area contributed by atoms with E-state index in [1.54, 1.807) is 0 Å². The van der Waals surface area contributed by atoms with Crippen LogP contribution in [0, 0.1) is 47.3 Å². The summed E-state index contributed by atoms with van der Waals surface area (Å²) >= 11 is 0. The van der Waals surface area contributed by atoms with Gasteiger partial charge in [-0.3, -0.25) is 0 Å². The molecule has 2 rings (SSSR count). The summed E-state index contributed by atoms with van der Waals surface area (Å²) in [7, 11) is 0. The fourth-order valence-corrected chi connectivity index (χ4v) is 5.81. The molecule has 0 amide bonds. The maximum absolute atomic E-state index is 6.67. The first-order chi connectivity index (χ1) is 10.7. The van der Waals surface area contributed by atoms with E-state index in [1.165, 1.54) is 32.1 Å². The molecule has 2 saturated carbocycles. The fourth-order valence-electron chi connectivity index (χ4n) is 5.81. The minimum atomic E-state index is 0.406. The van der Waals surface area contributed by atoms with E-state index in [2.05, 4.69) is 41.5 Å². The second kappa shape index (κ2) is 7.87. The standard InChI is InChI=1S/C21H42N2/c1-12(2)18-10-17(11-19(13(3)4)21(18)23)9-16-7-14(5)20(22)15(6)8-16/h12-21H,7-11,22-23H2,1-6H3. The lowest BCUT2D eigenvalue weighted by Gasteiger charge is -2.46. The fraction of sp³-hybridized carbons (Fsp3) is 1.00. The van der Waals surface area contributed by atoms with Crippen LogP contribution < -0.4 is 11.5 Å². The van der Waals surface area contributed by atoms with E-state index in [0.717, 1.165) is 11.8 Å². The molecule has 136 valence electrons. The zero-order chi connectivity index (χ0) is 17.3. The number of hydrogen-bond donors (Lipinski definition) is 2. The average molecular weight is 323 g/mol. The molecule has 23 heavy (non-hydrogen) atoms. The summed E-state index contributed by atoms with van der Waals surface area (Å²) in [6.45, 7) is 14.2. The molecule has 0 aromatic rings. The maximum Gasteiger partial charge on any atom is 0.0101 e. The van der Waals surface area contributed by atoms with Crippen LogP contribution in [0.1, 0.15) is 73.6 Å². The molecule has 2 aliphatic carbocycles. The molecule has 4 N–H and O–H groups in total. The van der Waals surface area contributed by atoms with Gasteiger partial charge in [-0.2, -0.15) is 0 Å². The number of hydrogen-bond acceptors (Lipinski definition) is 2. The van der Waals surface area contributed by atoms with Crippen molar-refractivity contribution in [2.75, 3.05) is 0 Å². The lowest BCUT2D eigenvalue weighted by molar-refractivity contribution is 0.0707. The molecular formula is C21H42N2.